The van der Waals surface area contributed by atoms with Gasteiger partial charge < -0.3 is 11.1 Å². The van der Waals surface area contributed by atoms with Gasteiger partial charge in [0.15, 0.2) is 0 Å². The van der Waals surface area contributed by atoms with E-state index < -0.39 is 11.5 Å². The molecule has 1 saturated carbocycles. The highest BCUT2D eigenvalue weighted by Crippen LogP contribution is 2.38. The first-order valence-corrected chi connectivity index (χ1v) is 5.22. The first-order valence-electron chi connectivity index (χ1n) is 5.22. The number of hydrogen-bond donors (Lipinski definition) is 2. The Balaban J connectivity index is 2.04. The number of rotatable bonds is 3. The maximum absolute atomic E-state index is 12.5. The summed E-state index contributed by atoms with van der Waals surface area (Å²) in [6.45, 7) is 1.72. The molecule has 1 aromatic heterocycles. The summed E-state index contributed by atoms with van der Waals surface area (Å²) < 4.78 is 12.5. The van der Waals surface area contributed by atoms with Crippen LogP contribution in [0.2, 0.25) is 0 Å². The van der Waals surface area contributed by atoms with Gasteiger partial charge in [-0.15, -0.1) is 0 Å². The van der Waals surface area contributed by atoms with Crippen LogP contribution in [-0.4, -0.2) is 16.4 Å². The van der Waals surface area contributed by atoms with Gasteiger partial charge in [-0.2, -0.15) is 4.39 Å². The largest absolute Gasteiger partial charge is 0.323 e. The van der Waals surface area contributed by atoms with Crippen molar-refractivity contribution in [1.82, 2.24) is 4.98 Å². The Morgan fingerprint density at radius 3 is 2.81 bits per heavy atom. The van der Waals surface area contributed by atoms with E-state index in [1.54, 1.807) is 6.92 Å². The Hall–Kier alpha value is -1.49. The molecule has 0 bridgehead atoms. The lowest BCUT2D eigenvalue weighted by molar-refractivity contribution is -0.121. The van der Waals surface area contributed by atoms with Gasteiger partial charge in [0.2, 0.25) is 11.9 Å². The molecule has 0 aliphatic heterocycles. The van der Waals surface area contributed by atoms with Gasteiger partial charge in [-0.05, 0) is 37.8 Å². The quantitative estimate of drug-likeness (QED) is 0.758. The number of hydrogen-bond acceptors (Lipinski definition) is 3. The summed E-state index contributed by atoms with van der Waals surface area (Å²) in [6, 6.07) is 2.66. The molecule has 1 fully saturated rings. The minimum absolute atomic E-state index is 0.247. The van der Waals surface area contributed by atoms with Crippen molar-refractivity contribution in [2.24, 2.45) is 11.7 Å². The lowest BCUT2D eigenvalue weighted by Crippen LogP contribution is -2.50. The second kappa shape index (κ2) is 3.83. The number of pyridine rings is 1. The SMILES string of the molecule is CC(N)(C(=O)Nc1ccc(F)nc1)C1CC1. The van der Waals surface area contributed by atoms with Crippen LogP contribution in [0.5, 0.6) is 0 Å². The molecule has 0 saturated heterocycles. The number of nitrogens with two attached hydrogens (primary N) is 1. The van der Waals surface area contributed by atoms with Gasteiger partial charge in [0, 0.05) is 0 Å². The van der Waals surface area contributed by atoms with E-state index in [0.29, 0.717) is 5.69 Å². The van der Waals surface area contributed by atoms with Crippen LogP contribution in [0.1, 0.15) is 19.8 Å². The molecule has 0 spiro atoms. The van der Waals surface area contributed by atoms with Crippen molar-refractivity contribution in [2.45, 2.75) is 25.3 Å². The van der Waals surface area contributed by atoms with Crippen molar-refractivity contribution >= 4 is 11.6 Å². The maximum atomic E-state index is 12.5. The Morgan fingerprint density at radius 2 is 2.31 bits per heavy atom. The third-order valence-corrected chi connectivity index (χ3v) is 2.90. The van der Waals surface area contributed by atoms with Crippen LogP contribution in [0.15, 0.2) is 18.3 Å². The molecular weight excluding hydrogens is 209 g/mol. The van der Waals surface area contributed by atoms with Gasteiger partial charge in [-0.3, -0.25) is 4.79 Å². The summed E-state index contributed by atoms with van der Waals surface area (Å²) in [6.07, 6.45) is 3.25. The minimum Gasteiger partial charge on any atom is -0.323 e. The topological polar surface area (TPSA) is 68.0 Å². The van der Waals surface area contributed by atoms with Gasteiger partial charge >= 0.3 is 0 Å². The zero-order valence-electron chi connectivity index (χ0n) is 9.03. The fraction of sp³-hybridized carbons (Fsp3) is 0.455. The zero-order chi connectivity index (χ0) is 11.8. The van der Waals surface area contributed by atoms with Gasteiger partial charge in [-0.1, -0.05) is 0 Å². The molecule has 4 nitrogen and oxygen atoms in total. The molecule has 1 unspecified atom stereocenters. The molecule has 5 heteroatoms. The molecule has 1 aliphatic carbocycles. The molecule has 16 heavy (non-hydrogen) atoms. The number of anilines is 1. The molecule has 3 N–H and O–H groups in total. The van der Waals surface area contributed by atoms with Crippen molar-refractivity contribution < 1.29 is 9.18 Å². The van der Waals surface area contributed by atoms with Crippen LogP contribution in [0.3, 0.4) is 0 Å². The molecule has 2 rings (SSSR count). The number of nitrogens with one attached hydrogen (secondary N) is 1. The molecule has 1 aliphatic rings. The van der Waals surface area contributed by atoms with Crippen LogP contribution in [0, 0.1) is 11.9 Å². The maximum Gasteiger partial charge on any atom is 0.244 e. The average Bonchev–Trinajstić information content (AvgIpc) is 3.05. The molecule has 0 radical (unpaired) electrons. The van der Waals surface area contributed by atoms with E-state index in [-0.39, 0.29) is 11.8 Å². The normalized spacial score (nSPS) is 18.9. The predicted octanol–water partition coefficient (Wildman–Crippen LogP) is 1.29. The van der Waals surface area contributed by atoms with Crippen molar-refractivity contribution in [3.63, 3.8) is 0 Å². The lowest BCUT2D eigenvalue weighted by Gasteiger charge is -2.22. The third-order valence-electron chi connectivity index (χ3n) is 2.90. The number of amides is 1. The molecular formula is C11H14FN3O. The summed E-state index contributed by atoms with van der Waals surface area (Å²) in [7, 11) is 0. The summed E-state index contributed by atoms with van der Waals surface area (Å²) >= 11 is 0. The van der Waals surface area contributed by atoms with Crippen LogP contribution in [-0.2, 0) is 4.79 Å². The fourth-order valence-electron chi connectivity index (χ4n) is 1.58. The number of halogens is 1. The molecule has 1 atom stereocenters. The van der Waals surface area contributed by atoms with Crippen LogP contribution >= 0.6 is 0 Å². The Labute approximate surface area is 93.1 Å². The van der Waals surface area contributed by atoms with E-state index in [1.165, 1.54) is 18.3 Å². The third kappa shape index (κ3) is 2.19. The monoisotopic (exact) mass is 223 g/mol. The van der Waals surface area contributed by atoms with Gasteiger partial charge in [-0.25, -0.2) is 4.98 Å². The van der Waals surface area contributed by atoms with Crippen molar-refractivity contribution in [1.29, 1.82) is 0 Å². The average molecular weight is 223 g/mol. The van der Waals surface area contributed by atoms with E-state index in [0.717, 1.165) is 12.8 Å². The highest BCUT2D eigenvalue weighted by molar-refractivity contribution is 5.98. The fourth-order valence-corrected chi connectivity index (χ4v) is 1.58. The summed E-state index contributed by atoms with van der Waals surface area (Å²) in [5.41, 5.74) is 5.55. The highest BCUT2D eigenvalue weighted by Gasteiger charge is 2.44. The zero-order valence-corrected chi connectivity index (χ0v) is 9.03. The van der Waals surface area contributed by atoms with Crippen LogP contribution in [0.25, 0.3) is 0 Å². The first-order chi connectivity index (χ1) is 7.50. The summed E-state index contributed by atoms with van der Waals surface area (Å²) in [5.74, 6) is -0.569. The van der Waals surface area contributed by atoms with Gasteiger partial charge in [0.25, 0.3) is 0 Å². The minimum atomic E-state index is -0.853. The smallest absolute Gasteiger partial charge is 0.244 e. The molecule has 1 aromatic rings. The second-order valence-corrected chi connectivity index (χ2v) is 4.38. The van der Waals surface area contributed by atoms with Gasteiger partial charge in [0.1, 0.15) is 0 Å². The van der Waals surface area contributed by atoms with E-state index >= 15 is 0 Å². The van der Waals surface area contributed by atoms with Crippen molar-refractivity contribution in [3.05, 3.63) is 24.3 Å². The summed E-state index contributed by atoms with van der Waals surface area (Å²) in [4.78, 5) is 15.3. The molecule has 0 aromatic carbocycles. The Bertz CT molecular complexity index is 398. The predicted molar refractivity (Wildman–Crippen MR) is 58.1 cm³/mol. The van der Waals surface area contributed by atoms with E-state index in [1.807, 2.05) is 0 Å². The Morgan fingerprint density at radius 1 is 1.62 bits per heavy atom. The lowest BCUT2D eigenvalue weighted by atomic mass is 9.96. The highest BCUT2D eigenvalue weighted by atomic mass is 19.1. The van der Waals surface area contributed by atoms with Crippen molar-refractivity contribution in [2.75, 3.05) is 5.32 Å². The number of nitrogens with zero attached hydrogens (tertiary/aromatic N) is 1. The number of aromatic nitrogens is 1. The van der Waals surface area contributed by atoms with Crippen LogP contribution < -0.4 is 11.1 Å². The molecule has 86 valence electrons. The van der Waals surface area contributed by atoms with Crippen molar-refractivity contribution in [3.8, 4) is 0 Å². The summed E-state index contributed by atoms with van der Waals surface area (Å²) in [5, 5.41) is 2.64. The first kappa shape index (κ1) is 11.0. The van der Waals surface area contributed by atoms with E-state index in [9.17, 15) is 9.18 Å². The molecule has 1 amide bonds. The number of carbonyl (C=O) groups excluding carboxylic acids is 1. The van der Waals surface area contributed by atoms with Gasteiger partial charge in [0.05, 0.1) is 17.4 Å². The number of carbonyl (C=O) groups is 1. The van der Waals surface area contributed by atoms with Crippen LogP contribution in [0.4, 0.5) is 10.1 Å². The van der Waals surface area contributed by atoms with E-state index in [4.69, 9.17) is 5.73 Å². The molecule has 1 heterocycles. The second-order valence-electron chi connectivity index (χ2n) is 4.38. The Kier molecular flexibility index (Phi) is 2.63. The standard InChI is InChI=1S/C11H14FN3O/c1-11(13,7-2-3-7)10(16)15-8-4-5-9(12)14-6-8/h4-7H,2-3,13H2,1H3,(H,15,16). The van der Waals surface area contributed by atoms with E-state index in [2.05, 4.69) is 10.3 Å².